The van der Waals surface area contributed by atoms with Gasteiger partial charge >= 0.3 is 18.0 Å². The molecule has 1 saturated heterocycles. The van der Waals surface area contributed by atoms with Crippen LogP contribution in [0, 0.1) is 35.5 Å². The molecule has 0 radical (unpaired) electrons. The third-order valence-electron chi connectivity index (χ3n) is 16.7. The zero-order valence-corrected chi connectivity index (χ0v) is 53.2. The van der Waals surface area contributed by atoms with Crippen molar-refractivity contribution in [2.24, 2.45) is 41.2 Å². The van der Waals surface area contributed by atoms with E-state index in [4.69, 9.17) is 10.5 Å². The lowest BCUT2D eigenvalue weighted by molar-refractivity contribution is -0.150. The van der Waals surface area contributed by atoms with Crippen LogP contribution in [0.5, 0.6) is 0 Å². The molecule has 2 aromatic rings. The Kier molecular flexibility index (Phi) is 29.9. The van der Waals surface area contributed by atoms with E-state index in [1.54, 1.807) is 36.6 Å². The van der Waals surface area contributed by atoms with Gasteiger partial charge in [-0.1, -0.05) is 98.9 Å². The van der Waals surface area contributed by atoms with Crippen molar-refractivity contribution in [1.82, 2.24) is 35.6 Å². The minimum absolute atomic E-state index is 0.0331. The molecule has 1 fully saturated rings. The van der Waals surface area contributed by atoms with Gasteiger partial charge in [0.2, 0.25) is 11.8 Å². The summed E-state index contributed by atoms with van der Waals surface area (Å²) in [6.45, 7) is 18.2. The van der Waals surface area contributed by atoms with Gasteiger partial charge in [-0.2, -0.15) is 0 Å². The number of benzene rings is 1. The molecule has 21 nitrogen and oxygen atoms in total. The number of unbranched alkanes of at least 4 members (excludes halogenated alkanes) is 2. The number of ketones is 3. The third kappa shape index (κ3) is 22.9. The summed E-state index contributed by atoms with van der Waals surface area (Å²) in [5, 5.41) is 20.2. The summed E-state index contributed by atoms with van der Waals surface area (Å²) in [6.07, 6.45) is 8.50. The first-order valence-corrected chi connectivity index (χ1v) is 31.8. The molecule has 2 unspecified atom stereocenters. The van der Waals surface area contributed by atoms with Gasteiger partial charge in [-0.15, -0.1) is 11.3 Å². The number of esters is 1. The summed E-state index contributed by atoms with van der Waals surface area (Å²) >= 11 is 1.13. The number of amides is 7. The quantitative estimate of drug-likeness (QED) is 0.0243. The van der Waals surface area contributed by atoms with E-state index in [0.717, 1.165) is 47.6 Å². The smallest absolute Gasteiger partial charge is 0.312 e. The predicted molar refractivity (Wildman–Crippen MR) is 327 cm³/mol. The van der Waals surface area contributed by atoms with E-state index in [2.05, 4.69) is 25.8 Å². The number of urea groups is 1. The molecule has 0 bridgehead atoms. The number of carbonyl (C=O) groups is 11. The van der Waals surface area contributed by atoms with Gasteiger partial charge in [0, 0.05) is 100 Å². The number of ether oxygens (including phenoxy) is 1. The highest BCUT2D eigenvalue weighted by Gasteiger charge is 2.39. The Hall–Kier alpha value is -6.68. The van der Waals surface area contributed by atoms with Crippen molar-refractivity contribution in [3.8, 4) is 0 Å². The lowest BCUT2D eigenvalue weighted by Gasteiger charge is -2.39. The molecule has 9 atom stereocenters. The van der Waals surface area contributed by atoms with E-state index in [0.29, 0.717) is 55.6 Å². The number of aliphatic carboxylic acids is 1. The number of hydrogen-bond acceptors (Lipinski definition) is 15. The second kappa shape index (κ2) is 35.8. The van der Waals surface area contributed by atoms with Gasteiger partial charge in [0.1, 0.15) is 16.5 Å². The molecule has 4 rings (SSSR count). The number of Topliss-reactive ketones (excluding diaryl/α,β-unsaturated/α-hetero) is 3. The van der Waals surface area contributed by atoms with Crippen molar-refractivity contribution < 1.29 is 62.6 Å². The number of nitrogens with two attached hydrogens (primary N) is 1. The number of piperidine rings is 1. The Bertz CT molecular complexity index is 2660. The van der Waals surface area contributed by atoms with E-state index in [1.807, 2.05) is 60.4 Å². The summed E-state index contributed by atoms with van der Waals surface area (Å²) < 4.78 is 5.93. The number of hydrogen-bond donors (Lipinski definition) is 5. The molecule has 476 valence electrons. The number of carbonyl (C=O) groups excluding carboxylic acids is 10. The molecular weight excluding hydrogens is 1120 g/mol. The molecule has 0 aliphatic carbocycles. The fourth-order valence-corrected chi connectivity index (χ4v) is 12.2. The minimum Gasteiger partial charge on any atom is -0.481 e. The second-order valence-electron chi connectivity index (χ2n) is 24.3. The number of aromatic nitrogens is 1. The molecule has 2 aliphatic heterocycles. The van der Waals surface area contributed by atoms with E-state index in [9.17, 15) is 57.8 Å². The van der Waals surface area contributed by atoms with E-state index in [-0.39, 0.29) is 129 Å². The maximum absolute atomic E-state index is 14.9. The molecule has 1 aromatic carbocycles. The van der Waals surface area contributed by atoms with Crippen molar-refractivity contribution in [1.29, 1.82) is 0 Å². The van der Waals surface area contributed by atoms with Gasteiger partial charge in [0.25, 0.3) is 17.7 Å². The highest BCUT2D eigenvalue weighted by atomic mass is 32.1. The highest BCUT2D eigenvalue weighted by molar-refractivity contribution is 7.09. The van der Waals surface area contributed by atoms with Crippen LogP contribution in [0.1, 0.15) is 191 Å². The fraction of sp³-hybridized carbons (Fsp3) is 0.656. The topological polar surface area (TPSA) is 302 Å². The summed E-state index contributed by atoms with van der Waals surface area (Å²) in [5.74, 6) is -6.34. The lowest BCUT2D eigenvalue weighted by Crippen LogP contribution is -2.50. The normalized spacial score (nSPS) is 17.3. The van der Waals surface area contributed by atoms with Gasteiger partial charge in [0.05, 0.1) is 18.0 Å². The Morgan fingerprint density at radius 1 is 0.849 bits per heavy atom. The Morgan fingerprint density at radius 3 is 2.12 bits per heavy atom. The Labute approximate surface area is 512 Å². The summed E-state index contributed by atoms with van der Waals surface area (Å²) in [6, 6.07) is 4.02. The number of rotatable bonds is 39. The molecule has 3 heterocycles. The van der Waals surface area contributed by atoms with Crippen molar-refractivity contribution in [2.45, 2.75) is 202 Å². The van der Waals surface area contributed by atoms with Crippen LogP contribution in [0.3, 0.4) is 0 Å². The van der Waals surface area contributed by atoms with Crippen LogP contribution in [-0.2, 0) is 60.7 Å². The number of nitrogens with zero attached hydrogens (tertiary/aromatic N) is 4. The first kappa shape index (κ1) is 71.8. The zero-order chi connectivity index (χ0) is 63.8. The summed E-state index contributed by atoms with van der Waals surface area (Å²) in [5.41, 5.74) is 6.65. The maximum atomic E-state index is 14.9. The number of carboxylic acid groups (broad SMARTS) is 1. The molecular formula is C64H96N8O13S. The standard InChI is InChI=1S/C64H96N8O13S/c1-11-29-71(62(81)49(41(7)12-2)36-55(76)52-21-15-17-30-70(52)10)53(40(5)6)37-56(85-43(9)73)61-69-51(38-86-61)60(80)67-46(32-42(8)63(82)83)33-44-22-24-45(25-23-44)34-54(75)50(20-18-28-66-64(65)84)68-59(79)48(39(3)4)35-47(74)19-14-13-16-31-72-57(77)26-27-58(72)78/h22-27,38-42,46,48-50,52-53,56H,11-21,28-37H2,1-10H3,(H,67,80)(H,68,79)(H,82,83)(H3,65,66,84)/t41-,42?,46+,48?,49-,50-,52+,53+,56+/m0/s1. The van der Waals surface area contributed by atoms with E-state index < -0.39 is 71.8 Å². The molecule has 2 aliphatic rings. The van der Waals surface area contributed by atoms with E-state index >= 15 is 0 Å². The molecule has 6 N–H and O–H groups in total. The van der Waals surface area contributed by atoms with Crippen molar-refractivity contribution >= 4 is 76.2 Å². The Balaban J connectivity index is 1.47. The van der Waals surface area contributed by atoms with Crippen LogP contribution in [0.25, 0.3) is 0 Å². The monoisotopic (exact) mass is 1220 g/mol. The van der Waals surface area contributed by atoms with Gasteiger partial charge < -0.3 is 36.4 Å². The molecule has 22 heteroatoms. The number of carboxylic acids is 1. The first-order valence-electron chi connectivity index (χ1n) is 30.9. The van der Waals surface area contributed by atoms with Crippen LogP contribution in [-0.4, -0.2) is 147 Å². The number of likely N-dealkylation sites (N-methyl/N-ethyl adjacent to an activating group) is 1. The van der Waals surface area contributed by atoms with Crippen LogP contribution in [0.2, 0.25) is 0 Å². The number of nitrogens with one attached hydrogen (secondary N) is 3. The molecule has 86 heavy (non-hydrogen) atoms. The van der Waals surface area contributed by atoms with Crippen LogP contribution < -0.4 is 21.7 Å². The molecule has 0 saturated carbocycles. The zero-order valence-electron chi connectivity index (χ0n) is 52.4. The summed E-state index contributed by atoms with van der Waals surface area (Å²) in [7, 11) is 1.97. The molecule has 1 aromatic heterocycles. The SMILES string of the molecule is CCCN(C(=O)[C@@H](CC(=O)[C@H]1CCCCN1C)[C@@H](C)CC)[C@H](C[C@@H](OC(C)=O)c1nc(C(=O)N[C@@H](Cc2ccc(CC(=O)[C@H](CCCNC(N)=O)NC(=O)C(CC(=O)CCCCCN3C(=O)C=CC3=O)C(C)C)cc2)CC(C)C(=O)O)cs1)C(C)C. The van der Waals surface area contributed by atoms with Gasteiger partial charge in [0.15, 0.2) is 17.7 Å². The third-order valence-corrected chi connectivity index (χ3v) is 17.6. The number of thiazole rings is 1. The largest absolute Gasteiger partial charge is 0.481 e. The molecule has 7 amide bonds. The van der Waals surface area contributed by atoms with Crippen LogP contribution in [0.4, 0.5) is 4.79 Å². The van der Waals surface area contributed by atoms with Gasteiger partial charge in [-0.3, -0.25) is 57.7 Å². The number of imide groups is 1. The van der Waals surface area contributed by atoms with Crippen molar-refractivity contribution in [3.63, 3.8) is 0 Å². The maximum Gasteiger partial charge on any atom is 0.312 e. The highest BCUT2D eigenvalue weighted by Crippen LogP contribution is 2.34. The second-order valence-corrected chi connectivity index (χ2v) is 25.2. The Morgan fingerprint density at radius 2 is 1.52 bits per heavy atom. The average Bonchev–Trinajstić information content (AvgIpc) is 2.54. The van der Waals surface area contributed by atoms with Crippen molar-refractivity contribution in [2.75, 3.05) is 33.2 Å². The minimum atomic E-state index is -1.05. The summed E-state index contributed by atoms with van der Waals surface area (Å²) in [4.78, 5) is 154. The van der Waals surface area contributed by atoms with Crippen molar-refractivity contribution in [3.05, 3.63) is 63.6 Å². The molecule has 0 spiro atoms. The lowest BCUT2D eigenvalue weighted by atomic mass is 9.82. The van der Waals surface area contributed by atoms with E-state index in [1.165, 1.54) is 19.1 Å². The predicted octanol–water partition coefficient (Wildman–Crippen LogP) is 7.72. The number of likely N-dealkylation sites (tertiary alicyclic amines) is 1. The van der Waals surface area contributed by atoms with Crippen LogP contribution >= 0.6 is 11.3 Å². The first-order chi connectivity index (χ1) is 40.7. The van der Waals surface area contributed by atoms with Gasteiger partial charge in [-0.05, 0) is 100 Å². The number of primary amides is 1. The van der Waals surface area contributed by atoms with Crippen LogP contribution in [0.15, 0.2) is 41.8 Å². The fourth-order valence-electron chi connectivity index (χ4n) is 11.4. The average molecular weight is 1220 g/mol. The van der Waals surface area contributed by atoms with Gasteiger partial charge in [-0.25, -0.2) is 9.78 Å².